The molecular formula is C22H27N3O6. The molecule has 1 amide bonds. The second-order valence-electron chi connectivity index (χ2n) is 8.00. The number of esters is 1. The van der Waals surface area contributed by atoms with Crippen molar-refractivity contribution in [3.63, 3.8) is 0 Å². The number of hydrogen-bond acceptors (Lipinski definition) is 7. The summed E-state index contributed by atoms with van der Waals surface area (Å²) in [4.78, 5) is 35.5. The Labute approximate surface area is 180 Å². The molecule has 1 unspecified atom stereocenters. The van der Waals surface area contributed by atoms with E-state index in [2.05, 4.69) is 31.4 Å². The summed E-state index contributed by atoms with van der Waals surface area (Å²) in [7, 11) is 0. The molecule has 0 aliphatic heterocycles. The third kappa shape index (κ3) is 6.51. The molecule has 2 rings (SSSR count). The molecule has 0 heterocycles. The summed E-state index contributed by atoms with van der Waals surface area (Å²) in [6.07, 6.45) is -1.14. The third-order valence-corrected chi connectivity index (χ3v) is 4.53. The first-order chi connectivity index (χ1) is 14.5. The molecule has 0 saturated heterocycles. The van der Waals surface area contributed by atoms with Crippen LogP contribution in [0.3, 0.4) is 0 Å². The molecule has 0 aromatic heterocycles. The summed E-state index contributed by atoms with van der Waals surface area (Å²) >= 11 is 0. The molecule has 0 fully saturated rings. The van der Waals surface area contributed by atoms with Crippen LogP contribution < -0.4 is 10.6 Å². The maximum absolute atomic E-state index is 12.6. The third-order valence-electron chi connectivity index (χ3n) is 4.53. The molecule has 9 heteroatoms. The molecule has 0 aliphatic carbocycles. The minimum absolute atomic E-state index is 0.0224. The quantitative estimate of drug-likeness (QED) is 0.333. The van der Waals surface area contributed by atoms with Crippen molar-refractivity contribution in [3.8, 4) is 0 Å². The highest BCUT2D eigenvalue weighted by molar-refractivity contribution is 6.00. The molecule has 1 atom stereocenters. The molecule has 0 spiro atoms. The second kappa shape index (κ2) is 10.0. The Kier molecular flexibility index (Phi) is 7.71. The lowest BCUT2D eigenvalue weighted by atomic mass is 9.87. The van der Waals surface area contributed by atoms with Crippen molar-refractivity contribution in [1.29, 1.82) is 0 Å². The Hall–Kier alpha value is -3.46. The van der Waals surface area contributed by atoms with E-state index in [1.807, 2.05) is 12.1 Å². The van der Waals surface area contributed by atoms with Crippen LogP contribution in [0.15, 0.2) is 42.5 Å². The fourth-order valence-corrected chi connectivity index (χ4v) is 2.73. The number of nitro benzene ring substituents is 1. The molecule has 166 valence electrons. The van der Waals surface area contributed by atoms with Gasteiger partial charge in [0, 0.05) is 30.1 Å². The van der Waals surface area contributed by atoms with Crippen LogP contribution in [0.4, 0.5) is 17.1 Å². The van der Waals surface area contributed by atoms with Crippen LogP contribution in [0.25, 0.3) is 0 Å². The van der Waals surface area contributed by atoms with Gasteiger partial charge in [-0.3, -0.25) is 14.9 Å². The van der Waals surface area contributed by atoms with E-state index >= 15 is 0 Å². The summed E-state index contributed by atoms with van der Waals surface area (Å²) in [5.41, 5.74) is 1.51. The Morgan fingerprint density at radius 1 is 1.16 bits per heavy atom. The number of aliphatic hydroxyl groups excluding tert-OH is 1. The van der Waals surface area contributed by atoms with Gasteiger partial charge in [-0.05, 0) is 36.1 Å². The lowest BCUT2D eigenvalue weighted by Gasteiger charge is -2.19. The van der Waals surface area contributed by atoms with Gasteiger partial charge in [0.2, 0.25) is 0 Å². The second-order valence-corrected chi connectivity index (χ2v) is 8.00. The van der Waals surface area contributed by atoms with Gasteiger partial charge >= 0.3 is 5.97 Å². The van der Waals surface area contributed by atoms with Crippen LogP contribution in [-0.2, 0) is 14.9 Å². The molecule has 0 aliphatic rings. The van der Waals surface area contributed by atoms with Crippen molar-refractivity contribution in [1.82, 2.24) is 0 Å². The summed E-state index contributed by atoms with van der Waals surface area (Å²) < 4.78 is 5.23. The number of aliphatic hydroxyl groups is 1. The van der Waals surface area contributed by atoms with E-state index in [4.69, 9.17) is 9.84 Å². The first-order valence-corrected chi connectivity index (χ1v) is 9.78. The maximum atomic E-state index is 12.6. The molecular weight excluding hydrogens is 402 g/mol. The lowest BCUT2D eigenvalue weighted by Crippen LogP contribution is -2.30. The number of hydrogen-bond donors (Lipinski definition) is 3. The van der Waals surface area contributed by atoms with E-state index in [0.717, 1.165) is 11.6 Å². The van der Waals surface area contributed by atoms with Gasteiger partial charge in [-0.25, -0.2) is 4.79 Å². The fourth-order valence-electron chi connectivity index (χ4n) is 2.73. The number of benzene rings is 2. The van der Waals surface area contributed by atoms with Gasteiger partial charge in [-0.15, -0.1) is 0 Å². The van der Waals surface area contributed by atoms with E-state index in [0.29, 0.717) is 5.69 Å². The molecule has 2 aromatic carbocycles. The Bertz CT molecular complexity index is 951. The zero-order valence-corrected chi connectivity index (χ0v) is 18.0. The van der Waals surface area contributed by atoms with Crippen molar-refractivity contribution in [2.75, 3.05) is 23.8 Å². The SMILES string of the molecule is CC(OC(=O)c1cc([N+](=O)[O-])ccc1NCCO)C(=O)Nc1ccc(C(C)(C)C)cc1. The largest absolute Gasteiger partial charge is 0.449 e. The maximum Gasteiger partial charge on any atom is 0.341 e. The van der Waals surface area contributed by atoms with E-state index in [1.54, 1.807) is 12.1 Å². The first-order valence-electron chi connectivity index (χ1n) is 9.78. The number of nitrogens with zero attached hydrogens (tertiary/aromatic N) is 1. The minimum atomic E-state index is -1.14. The van der Waals surface area contributed by atoms with E-state index in [-0.39, 0.29) is 35.5 Å². The van der Waals surface area contributed by atoms with Crippen molar-refractivity contribution in [3.05, 3.63) is 63.7 Å². The number of carbonyl (C=O) groups excluding carboxylic acids is 2. The molecule has 0 bridgehead atoms. The molecule has 3 N–H and O–H groups in total. The van der Waals surface area contributed by atoms with Crippen LogP contribution in [-0.4, -0.2) is 41.2 Å². The zero-order valence-electron chi connectivity index (χ0n) is 18.0. The predicted octanol–water partition coefficient (Wildman–Crippen LogP) is 3.48. The van der Waals surface area contributed by atoms with Crippen molar-refractivity contribution >= 4 is 28.9 Å². The fraction of sp³-hybridized carbons (Fsp3) is 0.364. The van der Waals surface area contributed by atoms with Crippen LogP contribution in [0.5, 0.6) is 0 Å². The zero-order chi connectivity index (χ0) is 23.2. The van der Waals surface area contributed by atoms with Crippen LogP contribution in [0.2, 0.25) is 0 Å². The normalized spacial score (nSPS) is 12.0. The Morgan fingerprint density at radius 2 is 1.81 bits per heavy atom. The van der Waals surface area contributed by atoms with Crippen LogP contribution in [0, 0.1) is 10.1 Å². The van der Waals surface area contributed by atoms with Crippen LogP contribution >= 0.6 is 0 Å². The van der Waals surface area contributed by atoms with Crippen molar-refractivity contribution in [2.24, 2.45) is 0 Å². The van der Waals surface area contributed by atoms with E-state index in [1.165, 1.54) is 19.1 Å². The average molecular weight is 429 g/mol. The van der Waals surface area contributed by atoms with Crippen molar-refractivity contribution < 1.29 is 24.4 Å². The number of amides is 1. The van der Waals surface area contributed by atoms with Gasteiger partial charge < -0.3 is 20.5 Å². The van der Waals surface area contributed by atoms with Crippen molar-refractivity contribution in [2.45, 2.75) is 39.2 Å². The number of ether oxygens (including phenoxy) is 1. The number of rotatable bonds is 8. The van der Waals surface area contributed by atoms with Gasteiger partial charge in [0.15, 0.2) is 6.10 Å². The minimum Gasteiger partial charge on any atom is -0.449 e. The summed E-state index contributed by atoms with van der Waals surface area (Å²) in [5, 5.41) is 25.5. The summed E-state index contributed by atoms with van der Waals surface area (Å²) in [6.45, 7) is 7.60. The van der Waals surface area contributed by atoms with Gasteiger partial charge in [-0.2, -0.15) is 0 Å². The predicted molar refractivity (Wildman–Crippen MR) is 117 cm³/mol. The Balaban J connectivity index is 2.11. The molecule has 0 radical (unpaired) electrons. The molecule has 0 saturated carbocycles. The van der Waals surface area contributed by atoms with Gasteiger partial charge in [-0.1, -0.05) is 32.9 Å². The molecule has 2 aromatic rings. The van der Waals surface area contributed by atoms with Crippen LogP contribution in [0.1, 0.15) is 43.6 Å². The smallest absolute Gasteiger partial charge is 0.341 e. The van der Waals surface area contributed by atoms with Gasteiger partial charge in [0.1, 0.15) is 0 Å². The van der Waals surface area contributed by atoms with E-state index in [9.17, 15) is 19.7 Å². The summed E-state index contributed by atoms with van der Waals surface area (Å²) in [5.74, 6) is -1.43. The highest BCUT2D eigenvalue weighted by atomic mass is 16.6. The highest BCUT2D eigenvalue weighted by Crippen LogP contribution is 2.25. The standard InChI is InChI=1S/C22H27N3O6/c1-14(20(27)24-16-7-5-15(6-8-16)22(2,3)4)31-21(28)18-13-17(25(29)30)9-10-19(18)23-11-12-26/h5-10,13-14,23,26H,11-12H2,1-4H3,(H,24,27). The molecule has 9 nitrogen and oxygen atoms in total. The molecule has 31 heavy (non-hydrogen) atoms. The van der Waals surface area contributed by atoms with Gasteiger partial charge in [0.25, 0.3) is 11.6 Å². The monoisotopic (exact) mass is 429 g/mol. The lowest BCUT2D eigenvalue weighted by molar-refractivity contribution is -0.384. The van der Waals surface area contributed by atoms with E-state index < -0.39 is 22.9 Å². The number of non-ortho nitro benzene ring substituents is 1. The number of nitro groups is 1. The number of carbonyl (C=O) groups is 2. The highest BCUT2D eigenvalue weighted by Gasteiger charge is 2.23. The average Bonchev–Trinajstić information content (AvgIpc) is 2.71. The number of nitrogens with one attached hydrogen (secondary N) is 2. The first kappa shape index (κ1) is 23.8. The number of anilines is 2. The summed E-state index contributed by atoms with van der Waals surface area (Å²) in [6, 6.07) is 11.0. The Morgan fingerprint density at radius 3 is 2.35 bits per heavy atom. The topological polar surface area (TPSA) is 131 Å². The van der Waals surface area contributed by atoms with Gasteiger partial charge in [0.05, 0.1) is 17.1 Å².